The van der Waals surface area contributed by atoms with Crippen LogP contribution in [0.15, 0.2) is 24.3 Å². The van der Waals surface area contributed by atoms with Crippen molar-refractivity contribution < 1.29 is 0 Å². The summed E-state index contributed by atoms with van der Waals surface area (Å²) in [6.45, 7) is 10.8. The van der Waals surface area contributed by atoms with E-state index in [1.807, 2.05) is 0 Å². The summed E-state index contributed by atoms with van der Waals surface area (Å²) in [7, 11) is 0. The van der Waals surface area contributed by atoms with Gasteiger partial charge < -0.3 is 10.2 Å². The van der Waals surface area contributed by atoms with Crippen molar-refractivity contribution in [3.05, 3.63) is 24.3 Å². The first-order valence-electron chi connectivity index (χ1n) is 11.6. The summed E-state index contributed by atoms with van der Waals surface area (Å²) in [6, 6.07) is 9.51. The van der Waals surface area contributed by atoms with E-state index in [1.54, 1.807) is 11.5 Å². The maximum Gasteiger partial charge on any atom is 0.150 e. The van der Waals surface area contributed by atoms with Crippen LogP contribution in [-0.2, 0) is 0 Å². The molecule has 0 radical (unpaired) electrons. The molecule has 158 valence electrons. The minimum Gasteiger partial charge on any atom is -0.353 e. The van der Waals surface area contributed by atoms with Crippen molar-refractivity contribution in [2.45, 2.75) is 38.1 Å². The van der Waals surface area contributed by atoms with Crippen LogP contribution in [0.5, 0.6) is 0 Å². The van der Waals surface area contributed by atoms with Gasteiger partial charge in [-0.05, 0) is 68.2 Å². The van der Waals surface area contributed by atoms with Crippen LogP contribution in [0.25, 0.3) is 10.1 Å². The highest BCUT2D eigenvalue weighted by Gasteiger charge is 2.27. The van der Waals surface area contributed by atoms with Crippen LogP contribution >= 0.6 is 11.5 Å². The van der Waals surface area contributed by atoms with Gasteiger partial charge >= 0.3 is 0 Å². The number of nitrogens with zero attached hydrogens (tertiary/aromatic N) is 4. The minimum atomic E-state index is 0.866. The van der Waals surface area contributed by atoms with Crippen LogP contribution in [0.3, 0.4) is 0 Å². The Hall–Kier alpha value is -1.21. The Bertz CT molecular complexity index is 770. The average molecular weight is 414 g/mol. The van der Waals surface area contributed by atoms with Crippen LogP contribution in [0.2, 0.25) is 0 Å². The molecular weight excluding hydrogens is 378 g/mol. The van der Waals surface area contributed by atoms with E-state index in [9.17, 15) is 0 Å². The van der Waals surface area contributed by atoms with E-state index in [4.69, 9.17) is 4.37 Å². The zero-order valence-corrected chi connectivity index (χ0v) is 18.4. The first kappa shape index (κ1) is 19.7. The summed E-state index contributed by atoms with van der Waals surface area (Å²) < 4.78 is 6.06. The summed E-state index contributed by atoms with van der Waals surface area (Å²) >= 11 is 1.64. The zero-order chi connectivity index (χ0) is 19.5. The van der Waals surface area contributed by atoms with Crippen LogP contribution < -0.4 is 10.2 Å². The third kappa shape index (κ3) is 4.61. The van der Waals surface area contributed by atoms with Crippen LogP contribution in [-0.4, -0.2) is 79.1 Å². The largest absolute Gasteiger partial charge is 0.353 e. The molecule has 0 bridgehead atoms. The fourth-order valence-corrected chi connectivity index (χ4v) is 6.29. The molecule has 0 unspecified atom stereocenters. The Kier molecular flexibility index (Phi) is 6.32. The maximum absolute atomic E-state index is 4.75. The Balaban J connectivity index is 1.05. The van der Waals surface area contributed by atoms with Gasteiger partial charge in [0, 0.05) is 63.8 Å². The number of nitrogens with one attached hydrogen (secondary N) is 1. The van der Waals surface area contributed by atoms with Crippen molar-refractivity contribution in [1.82, 2.24) is 19.5 Å². The fraction of sp³-hybridized carbons (Fsp3) is 0.696. The molecule has 5 rings (SSSR count). The quantitative estimate of drug-likeness (QED) is 0.814. The number of aromatic nitrogens is 1. The predicted molar refractivity (Wildman–Crippen MR) is 123 cm³/mol. The smallest absolute Gasteiger partial charge is 0.150 e. The van der Waals surface area contributed by atoms with Crippen molar-refractivity contribution in [3.63, 3.8) is 0 Å². The standard InChI is InChI=1S/C23H35N5S/c1-2-4-22-21(3-1)23(25-29-22)28-17-15-26(16-18-28)12-9-19-5-7-20(8-6-19)27-13-10-24-11-14-27/h1-4,19-20,24H,5-18H2. The van der Waals surface area contributed by atoms with Gasteiger partial charge in [-0.25, -0.2) is 0 Å². The summed E-state index contributed by atoms with van der Waals surface area (Å²) in [6.07, 6.45) is 7.14. The lowest BCUT2D eigenvalue weighted by molar-refractivity contribution is 0.115. The van der Waals surface area contributed by atoms with Gasteiger partial charge in [0.15, 0.2) is 0 Å². The predicted octanol–water partition coefficient (Wildman–Crippen LogP) is 3.27. The number of fused-ring (bicyclic) bond motifs is 1. The second-order valence-corrected chi connectivity index (χ2v) is 9.89. The second-order valence-electron chi connectivity index (χ2n) is 9.08. The van der Waals surface area contributed by atoms with Gasteiger partial charge in [-0.3, -0.25) is 9.80 Å². The molecule has 2 aliphatic heterocycles. The normalized spacial score (nSPS) is 27.5. The molecular formula is C23H35N5S. The number of benzene rings is 1. The number of hydrogen-bond acceptors (Lipinski definition) is 6. The van der Waals surface area contributed by atoms with Gasteiger partial charge in [-0.15, -0.1) is 0 Å². The molecule has 29 heavy (non-hydrogen) atoms. The number of anilines is 1. The Labute approximate surface area is 179 Å². The van der Waals surface area contributed by atoms with E-state index in [0.29, 0.717) is 0 Å². The summed E-state index contributed by atoms with van der Waals surface area (Å²) in [5, 5.41) is 4.81. The average Bonchev–Trinajstić information content (AvgIpc) is 3.23. The van der Waals surface area contributed by atoms with Crippen molar-refractivity contribution in [2.75, 3.05) is 63.8 Å². The summed E-state index contributed by atoms with van der Waals surface area (Å²) in [4.78, 5) is 7.93. The molecule has 0 amide bonds. The number of rotatable bonds is 5. The highest BCUT2D eigenvalue weighted by Crippen LogP contribution is 2.31. The van der Waals surface area contributed by atoms with E-state index >= 15 is 0 Å². The highest BCUT2D eigenvalue weighted by molar-refractivity contribution is 7.13. The lowest BCUT2D eigenvalue weighted by Gasteiger charge is -2.40. The zero-order valence-electron chi connectivity index (χ0n) is 17.6. The van der Waals surface area contributed by atoms with Crippen LogP contribution in [0.1, 0.15) is 32.1 Å². The van der Waals surface area contributed by atoms with Crippen molar-refractivity contribution in [3.8, 4) is 0 Å². The van der Waals surface area contributed by atoms with Gasteiger partial charge in [-0.1, -0.05) is 12.1 Å². The Morgan fingerprint density at radius 2 is 1.69 bits per heavy atom. The molecule has 1 N–H and O–H groups in total. The van der Waals surface area contributed by atoms with Gasteiger partial charge in [-0.2, -0.15) is 4.37 Å². The van der Waals surface area contributed by atoms with Crippen LogP contribution in [0.4, 0.5) is 5.82 Å². The lowest BCUT2D eigenvalue weighted by atomic mass is 9.83. The Morgan fingerprint density at radius 1 is 0.931 bits per heavy atom. The van der Waals surface area contributed by atoms with Gasteiger partial charge in [0.05, 0.1) is 4.70 Å². The van der Waals surface area contributed by atoms with E-state index < -0.39 is 0 Å². The molecule has 0 atom stereocenters. The third-order valence-electron chi connectivity index (χ3n) is 7.37. The third-order valence-corrected chi connectivity index (χ3v) is 8.19. The van der Waals surface area contributed by atoms with E-state index in [1.165, 1.54) is 93.8 Å². The monoisotopic (exact) mass is 413 g/mol. The van der Waals surface area contributed by atoms with Crippen molar-refractivity contribution in [2.24, 2.45) is 5.92 Å². The van der Waals surface area contributed by atoms with E-state index in [2.05, 4.69) is 44.3 Å². The molecule has 1 aromatic carbocycles. The van der Waals surface area contributed by atoms with Gasteiger partial charge in [0.25, 0.3) is 0 Å². The molecule has 1 aromatic heterocycles. The van der Waals surface area contributed by atoms with E-state index in [0.717, 1.165) is 25.0 Å². The van der Waals surface area contributed by atoms with Crippen molar-refractivity contribution in [1.29, 1.82) is 0 Å². The molecule has 0 spiro atoms. The number of piperazine rings is 2. The molecule has 2 aromatic rings. The first-order chi connectivity index (χ1) is 14.4. The molecule has 1 saturated carbocycles. The maximum atomic E-state index is 4.75. The summed E-state index contributed by atoms with van der Waals surface area (Å²) in [5.74, 6) is 2.16. The van der Waals surface area contributed by atoms with E-state index in [-0.39, 0.29) is 0 Å². The molecule has 2 saturated heterocycles. The van der Waals surface area contributed by atoms with Gasteiger partial charge in [0.2, 0.25) is 0 Å². The first-order valence-corrected chi connectivity index (χ1v) is 12.4. The minimum absolute atomic E-state index is 0.866. The topological polar surface area (TPSA) is 34.6 Å². The molecule has 3 heterocycles. The molecule has 5 nitrogen and oxygen atoms in total. The summed E-state index contributed by atoms with van der Waals surface area (Å²) in [5.41, 5.74) is 0. The van der Waals surface area contributed by atoms with Crippen LogP contribution in [0, 0.1) is 5.92 Å². The SMILES string of the molecule is c1ccc2c(N3CCN(CCC4CCC(N5CCNCC5)CC4)CC3)nsc2c1. The highest BCUT2D eigenvalue weighted by atomic mass is 32.1. The molecule has 6 heteroatoms. The molecule has 3 aliphatic rings. The fourth-order valence-electron chi connectivity index (χ4n) is 5.50. The van der Waals surface area contributed by atoms with Crippen molar-refractivity contribution >= 4 is 27.4 Å². The lowest BCUT2D eigenvalue weighted by Crippen LogP contribution is -2.49. The number of hydrogen-bond donors (Lipinski definition) is 1. The molecule has 1 aliphatic carbocycles. The second kappa shape index (κ2) is 9.29. The van der Waals surface area contributed by atoms with Gasteiger partial charge in [0.1, 0.15) is 5.82 Å². The molecule has 3 fully saturated rings. The Morgan fingerprint density at radius 3 is 2.48 bits per heavy atom.